The van der Waals surface area contributed by atoms with Gasteiger partial charge in [-0.2, -0.15) is 0 Å². The van der Waals surface area contributed by atoms with Gasteiger partial charge >= 0.3 is 5.00 Å². The molecule has 1 unspecified atom stereocenters. The Morgan fingerprint density at radius 3 is 2.78 bits per heavy atom. The van der Waals surface area contributed by atoms with Crippen LogP contribution in [-0.4, -0.2) is 38.3 Å². The summed E-state index contributed by atoms with van der Waals surface area (Å²) in [4.78, 5) is 12.7. The van der Waals surface area contributed by atoms with E-state index in [1.807, 2.05) is 6.92 Å². The molecule has 0 spiro atoms. The third kappa shape index (κ3) is 2.63. The Balaban J connectivity index is 2.33. The van der Waals surface area contributed by atoms with E-state index in [1.165, 1.54) is 11.3 Å². The summed E-state index contributed by atoms with van der Waals surface area (Å²) in [6, 6.07) is 1.61. The van der Waals surface area contributed by atoms with Gasteiger partial charge in [-0.1, -0.05) is 0 Å². The van der Waals surface area contributed by atoms with Gasteiger partial charge in [0.25, 0.3) is 0 Å². The van der Waals surface area contributed by atoms with Crippen molar-refractivity contribution in [3.05, 3.63) is 21.7 Å². The summed E-state index contributed by atoms with van der Waals surface area (Å²) in [5.41, 5.74) is 0.885. The molecular formula is C11H16N2O4S. The summed E-state index contributed by atoms with van der Waals surface area (Å²) in [5, 5.41) is 12.0. The Morgan fingerprint density at radius 2 is 2.22 bits per heavy atom. The maximum Gasteiger partial charge on any atom is 0.326 e. The summed E-state index contributed by atoms with van der Waals surface area (Å²) < 4.78 is 10.6. The van der Waals surface area contributed by atoms with E-state index in [-0.39, 0.29) is 16.0 Å². The Morgan fingerprint density at radius 1 is 1.56 bits per heavy atom. The van der Waals surface area contributed by atoms with Crippen LogP contribution in [0.3, 0.4) is 0 Å². The van der Waals surface area contributed by atoms with Crippen molar-refractivity contribution in [3.8, 4) is 0 Å². The molecule has 1 aromatic rings. The minimum absolute atomic E-state index is 0.146. The van der Waals surface area contributed by atoms with Crippen molar-refractivity contribution in [2.24, 2.45) is 0 Å². The number of hydrogen-bond donors (Lipinski definition) is 0. The molecule has 0 aliphatic carbocycles. The highest BCUT2D eigenvalue weighted by atomic mass is 32.1. The van der Waals surface area contributed by atoms with Crippen LogP contribution in [0.25, 0.3) is 0 Å². The van der Waals surface area contributed by atoms with E-state index in [1.54, 1.807) is 13.2 Å². The lowest BCUT2D eigenvalue weighted by atomic mass is 10.2. The summed E-state index contributed by atoms with van der Waals surface area (Å²) in [7, 11) is 1.61. The van der Waals surface area contributed by atoms with Gasteiger partial charge in [0.2, 0.25) is 0 Å². The zero-order chi connectivity index (χ0) is 13.1. The highest BCUT2D eigenvalue weighted by Gasteiger charge is 2.25. The van der Waals surface area contributed by atoms with Crippen molar-refractivity contribution < 1.29 is 14.4 Å². The second-order valence-corrected chi connectivity index (χ2v) is 5.09. The molecule has 0 radical (unpaired) electrons. The van der Waals surface area contributed by atoms with E-state index in [0.29, 0.717) is 13.2 Å². The van der Waals surface area contributed by atoms with Crippen LogP contribution in [0.4, 0.5) is 10.0 Å². The van der Waals surface area contributed by atoms with Gasteiger partial charge in [-0.05, 0) is 18.3 Å². The van der Waals surface area contributed by atoms with Crippen LogP contribution in [0.15, 0.2) is 6.07 Å². The van der Waals surface area contributed by atoms with Crippen LogP contribution >= 0.6 is 11.3 Å². The van der Waals surface area contributed by atoms with Crippen LogP contribution in [0.2, 0.25) is 0 Å². The molecule has 2 rings (SSSR count). The van der Waals surface area contributed by atoms with Crippen molar-refractivity contribution in [1.82, 2.24) is 0 Å². The van der Waals surface area contributed by atoms with E-state index in [4.69, 9.17) is 9.47 Å². The van der Waals surface area contributed by atoms with E-state index >= 15 is 0 Å². The first-order chi connectivity index (χ1) is 8.63. The van der Waals surface area contributed by atoms with Crippen molar-refractivity contribution in [2.45, 2.75) is 13.0 Å². The van der Waals surface area contributed by atoms with Gasteiger partial charge in [0.15, 0.2) is 0 Å². The minimum atomic E-state index is -0.347. The standard InChI is InChI=1S/C11H16N2O4S/c1-8(16-2)9-7-10(13(14)15)18-11(9)12-3-5-17-6-4-12/h7-8H,3-6H2,1-2H3. The summed E-state index contributed by atoms with van der Waals surface area (Å²) in [6.45, 7) is 4.75. The SMILES string of the molecule is COC(C)c1cc([N+](=O)[O-])sc1N1CCOCC1. The highest BCUT2D eigenvalue weighted by molar-refractivity contribution is 7.19. The van der Waals surface area contributed by atoms with E-state index < -0.39 is 0 Å². The molecule has 1 fully saturated rings. The molecule has 7 heteroatoms. The van der Waals surface area contributed by atoms with Crippen LogP contribution in [0, 0.1) is 10.1 Å². The molecule has 6 nitrogen and oxygen atoms in total. The number of ether oxygens (including phenoxy) is 2. The van der Waals surface area contributed by atoms with E-state index in [0.717, 1.165) is 23.7 Å². The summed E-state index contributed by atoms with van der Waals surface area (Å²) in [5.74, 6) is 0. The average Bonchev–Trinajstić information content (AvgIpc) is 2.84. The molecule has 0 saturated carbocycles. The van der Waals surface area contributed by atoms with Gasteiger partial charge in [0.05, 0.1) is 24.2 Å². The number of methoxy groups -OCH3 is 1. The monoisotopic (exact) mass is 272 g/mol. The summed E-state index contributed by atoms with van der Waals surface area (Å²) in [6.07, 6.45) is -0.146. The van der Waals surface area contributed by atoms with Gasteiger partial charge < -0.3 is 14.4 Å². The Hall–Kier alpha value is -1.18. The number of thiophene rings is 1. The van der Waals surface area contributed by atoms with Crippen molar-refractivity contribution in [1.29, 1.82) is 0 Å². The zero-order valence-electron chi connectivity index (χ0n) is 10.4. The Labute approximate surface area is 109 Å². The number of morpholine rings is 1. The molecule has 0 N–H and O–H groups in total. The molecule has 18 heavy (non-hydrogen) atoms. The molecule has 1 atom stereocenters. The molecule has 0 bridgehead atoms. The number of rotatable bonds is 4. The third-order valence-electron chi connectivity index (χ3n) is 3.00. The predicted octanol–water partition coefficient (Wildman–Crippen LogP) is 2.20. The zero-order valence-corrected chi connectivity index (χ0v) is 11.2. The lowest BCUT2D eigenvalue weighted by Gasteiger charge is -2.29. The molecule has 1 saturated heterocycles. The maximum atomic E-state index is 10.9. The fraction of sp³-hybridized carbons (Fsp3) is 0.636. The van der Waals surface area contributed by atoms with Crippen molar-refractivity contribution >= 4 is 21.3 Å². The molecule has 1 aromatic heterocycles. The second kappa shape index (κ2) is 5.64. The second-order valence-electron chi connectivity index (χ2n) is 4.08. The Bertz CT molecular complexity index is 429. The van der Waals surface area contributed by atoms with Crippen LogP contribution in [-0.2, 0) is 9.47 Å². The molecule has 100 valence electrons. The number of hydrogen-bond acceptors (Lipinski definition) is 6. The first kappa shape index (κ1) is 13.3. The fourth-order valence-electron chi connectivity index (χ4n) is 1.90. The average molecular weight is 272 g/mol. The normalized spacial score (nSPS) is 17.8. The van der Waals surface area contributed by atoms with E-state index in [2.05, 4.69) is 4.90 Å². The van der Waals surface area contributed by atoms with Crippen molar-refractivity contribution in [3.63, 3.8) is 0 Å². The topological polar surface area (TPSA) is 64.8 Å². The van der Waals surface area contributed by atoms with Gasteiger partial charge in [0, 0.05) is 31.8 Å². The lowest BCUT2D eigenvalue weighted by Crippen LogP contribution is -2.36. The van der Waals surface area contributed by atoms with Crippen LogP contribution < -0.4 is 4.90 Å². The van der Waals surface area contributed by atoms with Crippen LogP contribution in [0.1, 0.15) is 18.6 Å². The van der Waals surface area contributed by atoms with Gasteiger partial charge in [-0.3, -0.25) is 10.1 Å². The van der Waals surface area contributed by atoms with Gasteiger partial charge in [0.1, 0.15) is 5.00 Å². The highest BCUT2D eigenvalue weighted by Crippen LogP contribution is 2.40. The first-order valence-electron chi connectivity index (χ1n) is 5.77. The van der Waals surface area contributed by atoms with Gasteiger partial charge in [-0.15, -0.1) is 0 Å². The smallest absolute Gasteiger partial charge is 0.326 e. The van der Waals surface area contributed by atoms with E-state index in [9.17, 15) is 10.1 Å². The molecule has 0 amide bonds. The molecule has 1 aliphatic heterocycles. The first-order valence-corrected chi connectivity index (χ1v) is 6.58. The number of nitro groups is 1. The largest absolute Gasteiger partial charge is 0.378 e. The lowest BCUT2D eigenvalue weighted by molar-refractivity contribution is -0.380. The Kier molecular flexibility index (Phi) is 4.15. The predicted molar refractivity (Wildman–Crippen MR) is 69.4 cm³/mol. The van der Waals surface area contributed by atoms with Gasteiger partial charge in [-0.25, -0.2) is 0 Å². The molecule has 1 aliphatic rings. The molecule has 0 aromatic carbocycles. The fourth-order valence-corrected chi connectivity index (χ4v) is 3.02. The summed E-state index contributed by atoms with van der Waals surface area (Å²) >= 11 is 1.21. The quantitative estimate of drug-likeness (QED) is 0.621. The third-order valence-corrected chi connectivity index (χ3v) is 4.16. The molecule has 2 heterocycles. The maximum absolute atomic E-state index is 10.9. The number of nitrogens with zero attached hydrogens (tertiary/aromatic N) is 2. The number of anilines is 1. The minimum Gasteiger partial charge on any atom is -0.378 e. The van der Waals surface area contributed by atoms with Crippen LogP contribution in [0.5, 0.6) is 0 Å². The molecular weight excluding hydrogens is 256 g/mol. The van der Waals surface area contributed by atoms with Crippen molar-refractivity contribution in [2.75, 3.05) is 38.3 Å².